The average molecular weight is 422 g/mol. The summed E-state index contributed by atoms with van der Waals surface area (Å²) in [7, 11) is 0. The standard InChI is InChI=1S/C20H21F3N4O3/c21-20(22,23)15-4-3-5-16(14-15)25-10-12-26(13-11-25)19(28)8-9-24-17-6-1-2-7-18(17)27(29)30/h1-7,14,24H,8-13H2. The van der Waals surface area contributed by atoms with Gasteiger partial charge in [0.25, 0.3) is 5.69 Å². The molecular formula is C20H21F3N4O3. The third-order valence-corrected chi connectivity index (χ3v) is 4.93. The van der Waals surface area contributed by atoms with Crippen molar-refractivity contribution in [1.82, 2.24) is 4.90 Å². The molecule has 0 aliphatic carbocycles. The summed E-state index contributed by atoms with van der Waals surface area (Å²) in [6, 6.07) is 11.4. The SMILES string of the molecule is O=C(CCNc1ccccc1[N+](=O)[O-])N1CCN(c2cccc(C(F)(F)F)c2)CC1. The molecule has 1 aliphatic heterocycles. The second-order valence-electron chi connectivity index (χ2n) is 6.87. The van der Waals surface area contributed by atoms with Crippen molar-refractivity contribution < 1.29 is 22.9 Å². The van der Waals surface area contributed by atoms with Crippen LogP contribution >= 0.6 is 0 Å². The number of nitro benzene ring substituents is 1. The molecule has 3 rings (SSSR count). The van der Waals surface area contributed by atoms with Crippen molar-refractivity contribution in [2.45, 2.75) is 12.6 Å². The van der Waals surface area contributed by atoms with Gasteiger partial charge in [0.05, 0.1) is 10.5 Å². The molecule has 1 fully saturated rings. The van der Waals surface area contributed by atoms with Crippen LogP contribution in [-0.4, -0.2) is 48.5 Å². The largest absolute Gasteiger partial charge is 0.416 e. The third-order valence-electron chi connectivity index (χ3n) is 4.93. The molecule has 160 valence electrons. The van der Waals surface area contributed by atoms with Gasteiger partial charge in [0, 0.05) is 50.9 Å². The Morgan fingerprint density at radius 3 is 2.43 bits per heavy atom. The van der Waals surface area contributed by atoms with Crippen LogP contribution in [0.2, 0.25) is 0 Å². The molecule has 7 nitrogen and oxygen atoms in total. The van der Waals surface area contributed by atoms with E-state index in [9.17, 15) is 28.1 Å². The Labute approximate surface area is 171 Å². The number of nitrogens with one attached hydrogen (secondary N) is 1. The van der Waals surface area contributed by atoms with Crippen molar-refractivity contribution in [3.8, 4) is 0 Å². The number of piperazine rings is 1. The molecule has 2 aromatic rings. The van der Waals surface area contributed by atoms with E-state index in [0.717, 1.165) is 12.1 Å². The maximum Gasteiger partial charge on any atom is 0.416 e. The summed E-state index contributed by atoms with van der Waals surface area (Å²) in [5, 5.41) is 13.9. The van der Waals surface area contributed by atoms with Gasteiger partial charge < -0.3 is 15.1 Å². The Hall–Kier alpha value is -3.30. The Morgan fingerprint density at radius 2 is 1.77 bits per heavy atom. The number of hydrogen-bond donors (Lipinski definition) is 1. The first-order chi connectivity index (χ1) is 14.3. The number of benzene rings is 2. The van der Waals surface area contributed by atoms with Crippen molar-refractivity contribution in [3.63, 3.8) is 0 Å². The van der Waals surface area contributed by atoms with E-state index < -0.39 is 16.7 Å². The summed E-state index contributed by atoms with van der Waals surface area (Å²) in [4.78, 5) is 26.4. The number of para-hydroxylation sites is 2. The zero-order valence-electron chi connectivity index (χ0n) is 16.1. The fourth-order valence-electron chi connectivity index (χ4n) is 3.34. The minimum absolute atomic E-state index is 0.0559. The average Bonchev–Trinajstić information content (AvgIpc) is 2.73. The minimum atomic E-state index is -4.39. The molecule has 0 aromatic heterocycles. The van der Waals surface area contributed by atoms with Gasteiger partial charge in [-0.2, -0.15) is 13.2 Å². The van der Waals surface area contributed by atoms with Crippen molar-refractivity contribution in [1.29, 1.82) is 0 Å². The third kappa shape index (κ3) is 5.19. The molecule has 1 aliphatic rings. The quantitative estimate of drug-likeness (QED) is 0.567. The maximum atomic E-state index is 12.9. The lowest BCUT2D eigenvalue weighted by atomic mass is 10.1. The van der Waals surface area contributed by atoms with Crippen LogP contribution in [-0.2, 0) is 11.0 Å². The molecule has 2 aromatic carbocycles. The van der Waals surface area contributed by atoms with Gasteiger partial charge in [-0.05, 0) is 24.3 Å². The highest BCUT2D eigenvalue weighted by Crippen LogP contribution is 2.32. The van der Waals surface area contributed by atoms with E-state index in [4.69, 9.17) is 0 Å². The number of nitro groups is 1. The van der Waals surface area contributed by atoms with Crippen molar-refractivity contribution in [2.24, 2.45) is 0 Å². The van der Waals surface area contributed by atoms with Gasteiger partial charge in [-0.25, -0.2) is 0 Å². The number of anilines is 2. The molecule has 0 radical (unpaired) electrons. The lowest BCUT2D eigenvalue weighted by Gasteiger charge is -2.36. The van der Waals surface area contributed by atoms with Gasteiger partial charge in [-0.15, -0.1) is 0 Å². The molecule has 0 spiro atoms. The summed E-state index contributed by atoms with van der Waals surface area (Å²) in [5.74, 6) is -0.107. The highest BCUT2D eigenvalue weighted by atomic mass is 19.4. The molecule has 1 N–H and O–H groups in total. The fourth-order valence-corrected chi connectivity index (χ4v) is 3.34. The Bertz CT molecular complexity index is 912. The van der Waals surface area contributed by atoms with E-state index in [1.54, 1.807) is 29.2 Å². The number of hydrogen-bond acceptors (Lipinski definition) is 5. The molecule has 1 amide bonds. The van der Waals surface area contributed by atoms with E-state index >= 15 is 0 Å². The first kappa shape index (κ1) is 21.4. The number of nitrogens with zero attached hydrogens (tertiary/aromatic N) is 3. The highest BCUT2D eigenvalue weighted by molar-refractivity contribution is 5.77. The molecule has 0 unspecified atom stereocenters. The number of halogens is 3. The number of carbonyl (C=O) groups is 1. The van der Waals surface area contributed by atoms with Crippen LogP contribution in [0.3, 0.4) is 0 Å². The summed E-state index contributed by atoms with van der Waals surface area (Å²) < 4.78 is 38.7. The molecule has 10 heteroatoms. The zero-order valence-corrected chi connectivity index (χ0v) is 16.1. The van der Waals surface area contributed by atoms with E-state index in [0.29, 0.717) is 37.6 Å². The normalized spacial score (nSPS) is 14.5. The van der Waals surface area contributed by atoms with Gasteiger partial charge in [-0.3, -0.25) is 14.9 Å². The van der Waals surface area contributed by atoms with Crippen LogP contribution in [0.25, 0.3) is 0 Å². The van der Waals surface area contributed by atoms with Crippen molar-refractivity contribution >= 4 is 23.0 Å². The van der Waals surface area contributed by atoms with Gasteiger partial charge in [0.1, 0.15) is 5.69 Å². The van der Waals surface area contributed by atoms with Crippen LogP contribution in [0.5, 0.6) is 0 Å². The lowest BCUT2D eigenvalue weighted by Crippen LogP contribution is -2.49. The van der Waals surface area contributed by atoms with Crippen LogP contribution in [0.15, 0.2) is 48.5 Å². The summed E-state index contributed by atoms with van der Waals surface area (Å²) in [6.45, 7) is 1.92. The first-order valence-electron chi connectivity index (χ1n) is 9.43. The fraction of sp³-hybridized carbons (Fsp3) is 0.350. The second-order valence-corrected chi connectivity index (χ2v) is 6.87. The maximum absolute atomic E-state index is 12.9. The molecular weight excluding hydrogens is 401 g/mol. The number of alkyl halides is 3. The minimum Gasteiger partial charge on any atom is -0.379 e. The van der Waals surface area contributed by atoms with E-state index in [-0.39, 0.29) is 24.6 Å². The van der Waals surface area contributed by atoms with Crippen molar-refractivity contribution in [2.75, 3.05) is 42.9 Å². The van der Waals surface area contributed by atoms with E-state index in [1.165, 1.54) is 12.1 Å². The second kappa shape index (κ2) is 9.02. The van der Waals surface area contributed by atoms with Crippen molar-refractivity contribution in [3.05, 3.63) is 64.2 Å². The van der Waals surface area contributed by atoms with E-state index in [2.05, 4.69) is 5.32 Å². The molecule has 1 heterocycles. The highest BCUT2D eigenvalue weighted by Gasteiger charge is 2.31. The molecule has 0 saturated carbocycles. The number of rotatable bonds is 6. The summed E-state index contributed by atoms with van der Waals surface area (Å²) in [6.07, 6.45) is -4.23. The molecule has 30 heavy (non-hydrogen) atoms. The predicted molar refractivity (Wildman–Crippen MR) is 106 cm³/mol. The van der Waals surface area contributed by atoms with Crippen LogP contribution in [0.4, 0.5) is 30.2 Å². The molecule has 0 bridgehead atoms. The summed E-state index contributed by atoms with van der Waals surface area (Å²) >= 11 is 0. The van der Waals surface area contributed by atoms with Gasteiger partial charge in [0.15, 0.2) is 0 Å². The molecule has 0 atom stereocenters. The van der Waals surface area contributed by atoms with Crippen LogP contribution in [0.1, 0.15) is 12.0 Å². The predicted octanol–water partition coefficient (Wildman–Crippen LogP) is 3.76. The molecule has 1 saturated heterocycles. The lowest BCUT2D eigenvalue weighted by molar-refractivity contribution is -0.384. The first-order valence-corrected chi connectivity index (χ1v) is 9.43. The number of carbonyl (C=O) groups excluding carboxylic acids is 1. The Balaban J connectivity index is 1.50. The number of amides is 1. The topological polar surface area (TPSA) is 78.7 Å². The Kier molecular flexibility index (Phi) is 6.43. The van der Waals surface area contributed by atoms with Gasteiger partial charge in [-0.1, -0.05) is 18.2 Å². The smallest absolute Gasteiger partial charge is 0.379 e. The summed E-state index contributed by atoms with van der Waals surface area (Å²) in [5.41, 5.74) is 0.0823. The monoisotopic (exact) mass is 422 g/mol. The van der Waals surface area contributed by atoms with Gasteiger partial charge >= 0.3 is 6.18 Å². The van der Waals surface area contributed by atoms with Gasteiger partial charge in [0.2, 0.25) is 5.91 Å². The zero-order chi connectivity index (χ0) is 21.7. The van der Waals surface area contributed by atoms with Crippen LogP contribution < -0.4 is 10.2 Å². The van der Waals surface area contributed by atoms with E-state index in [1.807, 2.05) is 4.90 Å². The Morgan fingerprint density at radius 1 is 1.07 bits per heavy atom. The van der Waals surface area contributed by atoms with Crippen LogP contribution in [0, 0.1) is 10.1 Å².